The number of carboxylic acid groups (broad SMARTS) is 2. The second kappa shape index (κ2) is 10.9. The predicted molar refractivity (Wildman–Crippen MR) is 143 cm³/mol. The van der Waals surface area contributed by atoms with E-state index < -0.39 is 17.4 Å². The molecule has 2 aliphatic rings. The number of nitrogens with zero attached hydrogens (tertiary/aromatic N) is 5. The lowest BCUT2D eigenvalue weighted by Gasteiger charge is -2.36. The Labute approximate surface area is 231 Å². The van der Waals surface area contributed by atoms with Crippen LogP contribution in [-0.2, 0) is 23.1 Å². The second-order valence-electron chi connectivity index (χ2n) is 10.7. The third-order valence-electron chi connectivity index (χ3n) is 8.21. The maximum Gasteiger partial charge on any atom is 0.335 e. The molecule has 1 amide bonds. The van der Waals surface area contributed by atoms with Crippen LogP contribution in [0.3, 0.4) is 0 Å². The lowest BCUT2D eigenvalue weighted by molar-refractivity contribution is -0.131. The second-order valence-corrected chi connectivity index (χ2v) is 10.7. The fourth-order valence-corrected chi connectivity index (χ4v) is 6.32. The van der Waals surface area contributed by atoms with E-state index in [1.165, 1.54) is 0 Å². The highest BCUT2D eigenvalue weighted by Crippen LogP contribution is 2.48. The van der Waals surface area contributed by atoms with E-state index in [1.54, 1.807) is 41.3 Å². The minimum atomic E-state index is -1.03. The van der Waals surface area contributed by atoms with Crippen molar-refractivity contribution >= 4 is 17.8 Å². The molecule has 0 unspecified atom stereocenters. The van der Waals surface area contributed by atoms with Crippen molar-refractivity contribution in [3.05, 3.63) is 87.0 Å². The third-order valence-corrected chi connectivity index (χ3v) is 8.21. The lowest BCUT2D eigenvalue weighted by Crippen LogP contribution is -2.36. The normalized spacial score (nSPS) is 18.2. The van der Waals surface area contributed by atoms with Gasteiger partial charge in [-0.25, -0.2) is 16.2 Å². The molecule has 0 radical (unpaired) electrons. The van der Waals surface area contributed by atoms with Crippen molar-refractivity contribution < 1.29 is 24.6 Å². The quantitative estimate of drug-likeness (QED) is 0.364. The number of rotatable bonds is 8. The Morgan fingerprint density at radius 1 is 1.10 bits per heavy atom. The lowest BCUT2D eigenvalue weighted by atomic mass is 9.66. The van der Waals surface area contributed by atoms with E-state index in [1.807, 2.05) is 6.92 Å². The van der Waals surface area contributed by atoms with E-state index in [0.717, 1.165) is 28.7 Å². The van der Waals surface area contributed by atoms with Crippen LogP contribution in [0.25, 0.3) is 4.85 Å². The van der Waals surface area contributed by atoms with Gasteiger partial charge in [-0.3, -0.25) is 14.5 Å². The number of hydrogen-bond acceptors (Lipinski definition) is 6. The number of aromatic amines is 1. The number of aromatic carboxylic acids is 2. The van der Waals surface area contributed by atoms with Gasteiger partial charge in [-0.1, -0.05) is 24.3 Å². The fraction of sp³-hybridized carbons (Fsp3) is 0.414. The minimum absolute atomic E-state index is 0.0199. The highest BCUT2D eigenvalue weighted by atomic mass is 16.4. The Hall–Kier alpha value is -4.59. The van der Waals surface area contributed by atoms with Crippen molar-refractivity contribution in [3.8, 4) is 0 Å². The van der Waals surface area contributed by atoms with Gasteiger partial charge in [-0.2, -0.15) is 5.21 Å². The first kappa shape index (κ1) is 27.0. The van der Waals surface area contributed by atoms with Crippen molar-refractivity contribution in [2.75, 3.05) is 6.54 Å². The SMILES string of the molecule is [C-]#[N+][C@@H]1CCCN1C(=O)CC[C@@H](C)CC1(c2nn[nH]n2)c2ccc(C(=O)O)cc2CCc2cc(C(=O)O)ccc21. The van der Waals surface area contributed by atoms with E-state index >= 15 is 0 Å². The molecule has 2 heterocycles. The maximum atomic E-state index is 13.0. The number of tetrazole rings is 1. The molecule has 2 atom stereocenters. The zero-order chi connectivity index (χ0) is 28.4. The Balaban J connectivity index is 1.58. The molecule has 1 saturated heterocycles. The van der Waals surface area contributed by atoms with Gasteiger partial charge in [-0.15, -0.1) is 10.2 Å². The molecule has 2 aromatic carbocycles. The first-order chi connectivity index (χ1) is 19.2. The summed E-state index contributed by atoms with van der Waals surface area (Å²) in [7, 11) is 0. The molecule has 0 spiro atoms. The summed E-state index contributed by atoms with van der Waals surface area (Å²) < 4.78 is 0. The molecule has 40 heavy (non-hydrogen) atoms. The van der Waals surface area contributed by atoms with Crippen LogP contribution in [0.4, 0.5) is 0 Å². The molecule has 1 fully saturated rings. The van der Waals surface area contributed by atoms with Gasteiger partial charge in [0.05, 0.1) is 16.5 Å². The summed E-state index contributed by atoms with van der Waals surface area (Å²) in [5.74, 6) is -1.72. The van der Waals surface area contributed by atoms with Gasteiger partial charge in [0.1, 0.15) is 0 Å². The van der Waals surface area contributed by atoms with Crippen LogP contribution in [0.5, 0.6) is 0 Å². The summed E-state index contributed by atoms with van der Waals surface area (Å²) in [6.45, 7) is 10.0. The molecule has 1 aliphatic carbocycles. The van der Waals surface area contributed by atoms with Crippen molar-refractivity contribution in [3.63, 3.8) is 0 Å². The number of hydrogen-bond donors (Lipinski definition) is 3. The average molecular weight is 543 g/mol. The molecule has 206 valence electrons. The number of likely N-dealkylation sites (tertiary alicyclic amines) is 1. The molecule has 1 aliphatic heterocycles. The van der Waals surface area contributed by atoms with Crippen molar-refractivity contribution in [1.29, 1.82) is 0 Å². The third kappa shape index (κ3) is 4.81. The van der Waals surface area contributed by atoms with E-state index in [2.05, 4.69) is 25.5 Å². The smallest absolute Gasteiger partial charge is 0.335 e. The van der Waals surface area contributed by atoms with Gasteiger partial charge < -0.3 is 10.2 Å². The molecular weight excluding hydrogens is 512 g/mol. The molecule has 0 bridgehead atoms. The molecule has 11 heteroatoms. The van der Waals surface area contributed by atoms with Crippen LogP contribution >= 0.6 is 0 Å². The summed E-state index contributed by atoms with van der Waals surface area (Å²) >= 11 is 0. The average Bonchev–Trinajstić information content (AvgIpc) is 3.64. The van der Waals surface area contributed by atoms with Crippen LogP contribution in [0.15, 0.2) is 36.4 Å². The maximum absolute atomic E-state index is 13.0. The zero-order valence-corrected chi connectivity index (χ0v) is 22.1. The van der Waals surface area contributed by atoms with Crippen LogP contribution < -0.4 is 0 Å². The van der Waals surface area contributed by atoms with Gasteiger partial charge in [0.2, 0.25) is 5.91 Å². The summed E-state index contributed by atoms with van der Waals surface area (Å²) in [4.78, 5) is 41.9. The number of H-pyrrole nitrogens is 1. The van der Waals surface area contributed by atoms with Crippen LogP contribution in [0.2, 0.25) is 0 Å². The molecular formula is C29H30N6O5. The number of nitrogens with one attached hydrogen (secondary N) is 1. The van der Waals surface area contributed by atoms with E-state index in [0.29, 0.717) is 50.9 Å². The Morgan fingerprint density at radius 3 is 2.25 bits per heavy atom. The molecule has 11 nitrogen and oxygen atoms in total. The van der Waals surface area contributed by atoms with Gasteiger partial charge in [0, 0.05) is 19.4 Å². The van der Waals surface area contributed by atoms with E-state index in [-0.39, 0.29) is 29.1 Å². The zero-order valence-electron chi connectivity index (χ0n) is 22.1. The standard InChI is InChI=1S/C29H30N6O5/c1-17(5-12-25(36)35-13-3-4-24(35)30-2)16-29(28-31-33-34-32-28)22-10-8-20(26(37)38)14-18(22)6-7-19-15-21(27(39)40)9-11-23(19)29/h8-11,14-15,17,24H,3-7,12-13,16H2,1H3,(H,37,38)(H,39,40)(H,31,32,33,34)/t17-,24+/m1/s1. The van der Waals surface area contributed by atoms with Crippen LogP contribution in [-0.4, -0.2) is 66.3 Å². The van der Waals surface area contributed by atoms with Gasteiger partial charge >= 0.3 is 18.1 Å². The number of fused-ring (bicyclic) bond motifs is 2. The van der Waals surface area contributed by atoms with Gasteiger partial charge in [0.15, 0.2) is 5.82 Å². The summed E-state index contributed by atoms with van der Waals surface area (Å²) in [6, 6.07) is 10.1. The molecule has 3 N–H and O–H groups in total. The summed E-state index contributed by atoms with van der Waals surface area (Å²) in [5, 5.41) is 34.6. The number of aromatic nitrogens is 4. The number of benzene rings is 2. The van der Waals surface area contributed by atoms with Crippen molar-refractivity contribution in [2.24, 2.45) is 5.92 Å². The summed E-state index contributed by atoms with van der Waals surface area (Å²) in [5.41, 5.74) is 2.68. The van der Waals surface area contributed by atoms with Gasteiger partial charge in [0.25, 0.3) is 0 Å². The van der Waals surface area contributed by atoms with Crippen LogP contribution in [0, 0.1) is 12.5 Å². The van der Waals surface area contributed by atoms with E-state index in [9.17, 15) is 24.6 Å². The Bertz CT molecular complexity index is 1430. The first-order valence-electron chi connectivity index (χ1n) is 13.4. The molecule has 3 aromatic rings. The largest absolute Gasteiger partial charge is 0.478 e. The summed E-state index contributed by atoms with van der Waals surface area (Å²) in [6.07, 6.45) is 3.50. The van der Waals surface area contributed by atoms with Crippen molar-refractivity contribution in [2.45, 2.75) is 63.5 Å². The first-order valence-corrected chi connectivity index (χ1v) is 13.4. The topological polar surface area (TPSA) is 154 Å². The predicted octanol–water partition coefficient (Wildman–Crippen LogP) is 3.70. The minimum Gasteiger partial charge on any atom is -0.478 e. The monoisotopic (exact) mass is 542 g/mol. The molecule has 1 aromatic heterocycles. The Kier molecular flexibility index (Phi) is 7.34. The van der Waals surface area contributed by atoms with E-state index in [4.69, 9.17) is 6.57 Å². The van der Waals surface area contributed by atoms with Gasteiger partial charge in [-0.05, 0) is 84.5 Å². The highest BCUT2D eigenvalue weighted by Gasteiger charge is 2.46. The molecule has 5 rings (SSSR count). The number of carboxylic acids is 2. The Morgan fingerprint density at radius 2 is 1.73 bits per heavy atom. The fourth-order valence-electron chi connectivity index (χ4n) is 6.32. The number of amides is 1. The van der Waals surface area contributed by atoms with Crippen LogP contribution in [0.1, 0.15) is 87.8 Å². The number of carbonyl (C=O) groups is 3. The number of carbonyl (C=O) groups excluding carboxylic acids is 1. The molecule has 0 saturated carbocycles. The highest BCUT2D eigenvalue weighted by molar-refractivity contribution is 5.89. The number of aryl methyl sites for hydroxylation is 2. The van der Waals surface area contributed by atoms with Crippen molar-refractivity contribution in [1.82, 2.24) is 25.5 Å².